The molecule has 98 valence electrons. The van der Waals surface area contributed by atoms with Crippen molar-refractivity contribution in [3.63, 3.8) is 0 Å². The molecule has 6 heteroatoms. The fourth-order valence-corrected chi connectivity index (χ4v) is 1.55. The number of benzene rings is 1. The average Bonchev–Trinajstić information content (AvgIpc) is 2.27. The lowest BCUT2D eigenvalue weighted by molar-refractivity contribution is -0.137. The van der Waals surface area contributed by atoms with E-state index in [-0.39, 0.29) is 17.9 Å². The number of alkyl halides is 2. The summed E-state index contributed by atoms with van der Waals surface area (Å²) in [5.41, 5.74) is 0.340. The molecule has 1 amide bonds. The molecule has 0 heterocycles. The highest BCUT2D eigenvalue weighted by Crippen LogP contribution is 2.22. The van der Waals surface area contributed by atoms with Crippen molar-refractivity contribution >= 4 is 11.9 Å². The fraction of sp³-hybridized carbons (Fsp3) is 0.333. The van der Waals surface area contributed by atoms with Gasteiger partial charge in [-0.25, -0.2) is 8.78 Å². The molecule has 0 aliphatic heterocycles. The first-order chi connectivity index (χ1) is 8.40. The summed E-state index contributed by atoms with van der Waals surface area (Å²) in [4.78, 5) is 21.6. The molecule has 1 atom stereocenters. The third-order valence-electron chi connectivity index (χ3n) is 2.35. The van der Waals surface area contributed by atoms with Gasteiger partial charge in [-0.1, -0.05) is 24.3 Å². The molecule has 0 bridgehead atoms. The molecule has 0 aliphatic rings. The first-order valence-electron chi connectivity index (χ1n) is 5.27. The van der Waals surface area contributed by atoms with Crippen LogP contribution in [0.4, 0.5) is 8.78 Å². The van der Waals surface area contributed by atoms with Crippen LogP contribution >= 0.6 is 0 Å². The minimum atomic E-state index is -2.57. The Balaban J connectivity index is 2.90. The summed E-state index contributed by atoms with van der Waals surface area (Å²) < 4.78 is 24.7. The van der Waals surface area contributed by atoms with Crippen molar-refractivity contribution in [2.24, 2.45) is 0 Å². The van der Waals surface area contributed by atoms with Crippen LogP contribution in [0.1, 0.15) is 36.9 Å². The molecular formula is C12H13F2NO3. The van der Waals surface area contributed by atoms with Gasteiger partial charge in [0, 0.05) is 12.5 Å². The Labute approximate surface area is 103 Å². The van der Waals surface area contributed by atoms with Crippen LogP contribution in [0.25, 0.3) is 0 Å². The number of carboxylic acid groups (broad SMARTS) is 1. The molecule has 0 fully saturated rings. The van der Waals surface area contributed by atoms with Crippen LogP contribution in [-0.4, -0.2) is 17.0 Å². The number of hydrogen-bond donors (Lipinski definition) is 2. The second-order valence-electron chi connectivity index (χ2n) is 3.82. The van der Waals surface area contributed by atoms with Gasteiger partial charge in [-0.2, -0.15) is 0 Å². The van der Waals surface area contributed by atoms with Gasteiger partial charge < -0.3 is 10.4 Å². The normalized spacial score (nSPS) is 12.2. The zero-order valence-electron chi connectivity index (χ0n) is 9.69. The van der Waals surface area contributed by atoms with Crippen molar-refractivity contribution in [1.29, 1.82) is 0 Å². The Hall–Kier alpha value is -1.98. The Morgan fingerprint density at radius 1 is 1.22 bits per heavy atom. The molecular weight excluding hydrogens is 244 g/mol. The van der Waals surface area contributed by atoms with Crippen molar-refractivity contribution in [1.82, 2.24) is 5.32 Å². The molecule has 1 aromatic rings. The van der Waals surface area contributed by atoms with Crippen LogP contribution in [0.2, 0.25) is 0 Å². The zero-order valence-corrected chi connectivity index (χ0v) is 9.69. The highest BCUT2D eigenvalue weighted by Gasteiger charge is 2.17. The van der Waals surface area contributed by atoms with E-state index < -0.39 is 18.4 Å². The second-order valence-corrected chi connectivity index (χ2v) is 3.82. The van der Waals surface area contributed by atoms with E-state index in [4.69, 9.17) is 5.11 Å². The van der Waals surface area contributed by atoms with Gasteiger partial charge in [0.2, 0.25) is 5.91 Å². The molecule has 0 aliphatic carbocycles. The average molecular weight is 257 g/mol. The number of nitrogens with one attached hydrogen (secondary N) is 1. The van der Waals surface area contributed by atoms with E-state index in [1.165, 1.54) is 31.2 Å². The zero-order chi connectivity index (χ0) is 13.7. The molecule has 2 N–H and O–H groups in total. The number of rotatable bonds is 5. The summed E-state index contributed by atoms with van der Waals surface area (Å²) in [6, 6.07) is 4.51. The molecule has 1 aromatic carbocycles. The molecule has 4 nitrogen and oxygen atoms in total. The summed E-state index contributed by atoms with van der Waals surface area (Å²) in [6.07, 6.45) is -2.87. The predicted molar refractivity (Wildman–Crippen MR) is 60.2 cm³/mol. The maximum atomic E-state index is 12.4. The summed E-state index contributed by atoms with van der Waals surface area (Å²) >= 11 is 0. The lowest BCUT2D eigenvalue weighted by Crippen LogP contribution is -2.27. The molecule has 18 heavy (non-hydrogen) atoms. The lowest BCUT2D eigenvalue weighted by Gasteiger charge is -2.16. The first-order valence-corrected chi connectivity index (χ1v) is 5.27. The fourth-order valence-electron chi connectivity index (χ4n) is 1.55. The van der Waals surface area contributed by atoms with Gasteiger partial charge in [-0.3, -0.25) is 9.59 Å². The van der Waals surface area contributed by atoms with Crippen LogP contribution in [0, 0.1) is 0 Å². The van der Waals surface area contributed by atoms with Gasteiger partial charge in [0.25, 0.3) is 6.43 Å². The van der Waals surface area contributed by atoms with E-state index in [1.807, 2.05) is 0 Å². The lowest BCUT2D eigenvalue weighted by atomic mass is 10.0. The third-order valence-corrected chi connectivity index (χ3v) is 2.35. The van der Waals surface area contributed by atoms with Gasteiger partial charge in [-0.05, 0) is 5.56 Å². The Morgan fingerprint density at radius 2 is 1.72 bits per heavy atom. The quantitative estimate of drug-likeness (QED) is 0.850. The molecule has 0 saturated heterocycles. The van der Waals surface area contributed by atoms with E-state index in [9.17, 15) is 18.4 Å². The van der Waals surface area contributed by atoms with Crippen LogP contribution in [0.15, 0.2) is 24.3 Å². The van der Waals surface area contributed by atoms with E-state index in [2.05, 4.69) is 5.32 Å². The minimum Gasteiger partial charge on any atom is -0.481 e. The van der Waals surface area contributed by atoms with Gasteiger partial charge in [-0.15, -0.1) is 0 Å². The standard InChI is InChI=1S/C12H13F2NO3/c1-7(16)15-10(6-11(17)18)8-2-4-9(5-3-8)12(13)14/h2-5,10,12H,6H2,1H3,(H,15,16)(H,17,18)/t10-/m0/s1. The number of carboxylic acids is 1. The Morgan fingerprint density at radius 3 is 2.11 bits per heavy atom. The number of amides is 1. The van der Waals surface area contributed by atoms with Crippen molar-refractivity contribution in [3.8, 4) is 0 Å². The largest absolute Gasteiger partial charge is 0.481 e. The summed E-state index contributed by atoms with van der Waals surface area (Å²) in [5.74, 6) is -1.45. The van der Waals surface area contributed by atoms with Crippen molar-refractivity contribution in [2.45, 2.75) is 25.8 Å². The Bertz CT molecular complexity index is 415. The van der Waals surface area contributed by atoms with Crippen LogP contribution in [0.3, 0.4) is 0 Å². The monoisotopic (exact) mass is 257 g/mol. The van der Waals surface area contributed by atoms with Gasteiger partial charge in [0.1, 0.15) is 0 Å². The minimum absolute atomic E-state index is 0.143. The molecule has 0 saturated carbocycles. The van der Waals surface area contributed by atoms with Crippen molar-refractivity contribution in [2.75, 3.05) is 0 Å². The highest BCUT2D eigenvalue weighted by atomic mass is 19.3. The molecule has 0 unspecified atom stereocenters. The number of halogens is 2. The molecule has 0 spiro atoms. The van der Waals surface area contributed by atoms with E-state index in [1.54, 1.807) is 0 Å². The van der Waals surface area contributed by atoms with E-state index in [0.29, 0.717) is 5.56 Å². The van der Waals surface area contributed by atoms with Crippen molar-refractivity contribution in [3.05, 3.63) is 35.4 Å². The molecule has 1 rings (SSSR count). The Kier molecular flexibility index (Phi) is 4.76. The van der Waals surface area contributed by atoms with Gasteiger partial charge >= 0.3 is 5.97 Å². The second kappa shape index (κ2) is 6.09. The molecule has 0 radical (unpaired) electrons. The van der Waals surface area contributed by atoms with Crippen LogP contribution in [0.5, 0.6) is 0 Å². The first kappa shape index (κ1) is 14.1. The topological polar surface area (TPSA) is 66.4 Å². The maximum Gasteiger partial charge on any atom is 0.305 e. The third kappa shape index (κ3) is 4.12. The summed E-state index contributed by atoms with van der Waals surface area (Å²) in [7, 11) is 0. The number of carbonyl (C=O) groups excluding carboxylic acids is 1. The smallest absolute Gasteiger partial charge is 0.305 e. The highest BCUT2D eigenvalue weighted by molar-refractivity contribution is 5.75. The number of hydrogen-bond acceptors (Lipinski definition) is 2. The van der Waals surface area contributed by atoms with Crippen LogP contribution in [-0.2, 0) is 9.59 Å². The predicted octanol–water partition coefficient (Wildman–Crippen LogP) is 2.28. The SMILES string of the molecule is CC(=O)N[C@@H](CC(=O)O)c1ccc(C(F)F)cc1. The number of carbonyl (C=O) groups is 2. The molecule has 0 aromatic heterocycles. The van der Waals surface area contributed by atoms with Crippen LogP contribution < -0.4 is 5.32 Å². The van der Waals surface area contributed by atoms with Gasteiger partial charge in [0.15, 0.2) is 0 Å². The van der Waals surface area contributed by atoms with E-state index in [0.717, 1.165) is 0 Å². The maximum absolute atomic E-state index is 12.4. The summed E-state index contributed by atoms with van der Waals surface area (Å²) in [5, 5.41) is 11.2. The van der Waals surface area contributed by atoms with Gasteiger partial charge in [0.05, 0.1) is 12.5 Å². The van der Waals surface area contributed by atoms with E-state index >= 15 is 0 Å². The van der Waals surface area contributed by atoms with Crippen molar-refractivity contribution < 1.29 is 23.5 Å². The summed E-state index contributed by atoms with van der Waals surface area (Å²) in [6.45, 7) is 1.27. The number of aliphatic carboxylic acids is 1.